The van der Waals surface area contributed by atoms with Crippen LogP contribution >= 0.6 is 0 Å². The van der Waals surface area contributed by atoms with Crippen LogP contribution in [0.15, 0.2) is 0 Å². The molecule has 1 unspecified atom stereocenters. The molecule has 0 bridgehead atoms. The molecule has 0 radical (unpaired) electrons. The summed E-state index contributed by atoms with van der Waals surface area (Å²) in [5.74, 6) is -1.24. The molecule has 5 heteroatoms. The highest BCUT2D eigenvalue weighted by Gasteiger charge is 2.35. The van der Waals surface area contributed by atoms with E-state index in [-0.39, 0.29) is 0 Å². The molecular formula is C7H14F4O. The predicted octanol–water partition coefficient (Wildman–Crippen LogP) is 2.95. The van der Waals surface area contributed by atoms with Crippen LogP contribution in [0.4, 0.5) is 17.6 Å². The van der Waals surface area contributed by atoms with E-state index >= 15 is 0 Å². The third kappa shape index (κ3) is 6.39. The largest absolute Gasteiger partial charge is 0.345 e. The Hall–Kier alpha value is -0.320. The van der Waals surface area contributed by atoms with E-state index in [1.54, 1.807) is 6.92 Å². The number of rotatable bonds is 1. The minimum atomic E-state index is -1.75. The van der Waals surface area contributed by atoms with Crippen LogP contribution in [0.5, 0.6) is 0 Å². The molecule has 0 N–H and O–H groups in total. The van der Waals surface area contributed by atoms with Gasteiger partial charge < -0.3 is 4.74 Å². The van der Waals surface area contributed by atoms with Crippen LogP contribution in [0, 0.1) is 0 Å². The van der Waals surface area contributed by atoms with Crippen LogP contribution in [-0.4, -0.2) is 26.6 Å². The first kappa shape index (κ1) is 14.2. The topological polar surface area (TPSA) is 9.23 Å². The third-order valence-electron chi connectivity index (χ3n) is 1.36. The van der Waals surface area contributed by atoms with E-state index in [1.807, 2.05) is 0 Å². The van der Waals surface area contributed by atoms with E-state index in [2.05, 4.69) is 4.74 Å². The molecule has 0 saturated carbocycles. The van der Waals surface area contributed by atoms with Crippen molar-refractivity contribution in [3.8, 4) is 0 Å². The Morgan fingerprint density at radius 1 is 1.33 bits per heavy atom. The second kappa shape index (κ2) is 8.77. The minimum absolute atomic E-state index is 0.493. The zero-order valence-electron chi connectivity index (χ0n) is 7.25. The summed E-state index contributed by atoms with van der Waals surface area (Å²) in [7, 11) is 0.500. The van der Waals surface area contributed by atoms with Gasteiger partial charge in [-0.1, -0.05) is 6.92 Å². The minimum Gasteiger partial charge on any atom is -0.345 e. The second-order valence-corrected chi connectivity index (χ2v) is 1.94. The first-order chi connectivity index (χ1) is 5.68. The number of ether oxygens (including phenoxy) is 1. The average molecular weight is 190 g/mol. The van der Waals surface area contributed by atoms with E-state index < -0.39 is 12.8 Å². The normalized spacial score (nSPS) is 25.5. The molecule has 1 aliphatic heterocycles. The summed E-state index contributed by atoms with van der Waals surface area (Å²) in [5, 5.41) is 0. The molecule has 1 aliphatic rings. The van der Waals surface area contributed by atoms with Gasteiger partial charge in [0.05, 0.1) is 13.8 Å². The van der Waals surface area contributed by atoms with E-state index in [4.69, 9.17) is 0 Å². The van der Waals surface area contributed by atoms with Gasteiger partial charge in [-0.3, -0.25) is 4.39 Å². The smallest absolute Gasteiger partial charge is 0.229 e. The lowest BCUT2D eigenvalue weighted by Crippen LogP contribution is -2.38. The summed E-state index contributed by atoms with van der Waals surface area (Å²) >= 11 is 0. The van der Waals surface area contributed by atoms with E-state index in [1.165, 1.54) is 0 Å². The van der Waals surface area contributed by atoms with Crippen molar-refractivity contribution < 1.29 is 22.3 Å². The fourth-order valence-corrected chi connectivity index (χ4v) is 0.602. The molecule has 1 saturated heterocycles. The molecule has 0 amide bonds. The molecule has 1 fully saturated rings. The quantitative estimate of drug-likeness (QED) is 0.577. The Morgan fingerprint density at radius 2 is 1.67 bits per heavy atom. The lowest BCUT2D eigenvalue weighted by atomic mass is 10.1. The molecule has 12 heavy (non-hydrogen) atoms. The van der Waals surface area contributed by atoms with Crippen LogP contribution < -0.4 is 0 Å². The molecule has 0 aromatic rings. The summed E-state index contributed by atoms with van der Waals surface area (Å²) < 4.78 is 45.8. The van der Waals surface area contributed by atoms with Gasteiger partial charge in [0.15, 0.2) is 0 Å². The third-order valence-corrected chi connectivity index (χ3v) is 1.36. The monoisotopic (exact) mass is 190 g/mol. The molecule has 1 nitrogen and oxygen atoms in total. The zero-order chi connectivity index (χ0) is 10.0. The molecule has 0 aliphatic carbocycles. The van der Waals surface area contributed by atoms with Crippen molar-refractivity contribution in [1.82, 2.24) is 0 Å². The van der Waals surface area contributed by atoms with Crippen molar-refractivity contribution in [3.05, 3.63) is 0 Å². The molecule has 0 aromatic carbocycles. The van der Waals surface area contributed by atoms with Crippen LogP contribution in [0.1, 0.15) is 19.8 Å². The van der Waals surface area contributed by atoms with Gasteiger partial charge in [-0.05, 0) is 0 Å². The summed E-state index contributed by atoms with van der Waals surface area (Å²) in [5.41, 5.74) is 0. The Morgan fingerprint density at radius 3 is 1.67 bits per heavy atom. The lowest BCUT2D eigenvalue weighted by Gasteiger charge is -2.32. The summed E-state index contributed by atoms with van der Waals surface area (Å²) in [4.78, 5) is 0. The molecular weight excluding hydrogens is 176 g/mol. The van der Waals surface area contributed by atoms with E-state index in [0.717, 1.165) is 0 Å². The average Bonchev–Trinajstić information content (AvgIpc) is 2.06. The van der Waals surface area contributed by atoms with Crippen molar-refractivity contribution in [2.24, 2.45) is 0 Å². The molecule has 76 valence electrons. The van der Waals surface area contributed by atoms with Gasteiger partial charge in [0.1, 0.15) is 0 Å². The van der Waals surface area contributed by atoms with Crippen molar-refractivity contribution in [2.75, 3.05) is 20.7 Å². The maximum atomic E-state index is 12.4. The first-order valence-corrected chi connectivity index (χ1v) is 3.51. The fourth-order valence-electron chi connectivity index (χ4n) is 0.602. The summed E-state index contributed by atoms with van der Waals surface area (Å²) in [6.07, 6.45) is 1.08. The first-order valence-electron chi connectivity index (χ1n) is 3.51. The number of alkyl halides is 4. The van der Waals surface area contributed by atoms with E-state index in [9.17, 15) is 17.6 Å². The van der Waals surface area contributed by atoms with Crippen molar-refractivity contribution in [1.29, 1.82) is 0 Å². The van der Waals surface area contributed by atoms with Crippen molar-refractivity contribution >= 4 is 0 Å². The molecule has 0 spiro atoms. The van der Waals surface area contributed by atoms with Gasteiger partial charge in [0, 0.05) is 12.8 Å². The van der Waals surface area contributed by atoms with Gasteiger partial charge in [-0.15, -0.1) is 0 Å². The summed E-state index contributed by atoms with van der Waals surface area (Å²) in [6.45, 7) is 0.642. The molecule has 1 rings (SSSR count). The standard InChI is InChI=1S/C5H9FO.CH2F2.CH3F/c1-2-5(6)3-4-7-5;2-1-3;1-2/h2-4H2,1H3;1H2;1H3. The van der Waals surface area contributed by atoms with Crippen molar-refractivity contribution in [2.45, 2.75) is 25.6 Å². The second-order valence-electron chi connectivity index (χ2n) is 1.94. The SMILES string of the molecule is CCC1(F)CCO1.CF.FCF. The molecule has 1 atom stereocenters. The Bertz CT molecular complexity index is 80.0. The number of hydrogen-bond donors (Lipinski definition) is 0. The molecule has 1 heterocycles. The summed E-state index contributed by atoms with van der Waals surface area (Å²) in [6, 6.07) is 0. The van der Waals surface area contributed by atoms with Gasteiger partial charge in [0.2, 0.25) is 12.8 Å². The van der Waals surface area contributed by atoms with Gasteiger partial charge in [0.25, 0.3) is 0 Å². The highest BCUT2D eigenvalue weighted by molar-refractivity contribution is 4.72. The zero-order valence-corrected chi connectivity index (χ0v) is 7.25. The highest BCUT2D eigenvalue weighted by Crippen LogP contribution is 2.30. The maximum absolute atomic E-state index is 12.4. The van der Waals surface area contributed by atoms with E-state index in [0.29, 0.717) is 26.6 Å². The Kier molecular flexibility index (Phi) is 10.4. The predicted molar refractivity (Wildman–Crippen MR) is 38.8 cm³/mol. The van der Waals surface area contributed by atoms with Crippen LogP contribution in [0.3, 0.4) is 0 Å². The Labute approximate surface area is 69.7 Å². The maximum Gasteiger partial charge on any atom is 0.229 e. The number of hydrogen-bond acceptors (Lipinski definition) is 1. The number of halogens is 4. The van der Waals surface area contributed by atoms with Gasteiger partial charge >= 0.3 is 0 Å². The highest BCUT2D eigenvalue weighted by atomic mass is 19.3. The fraction of sp³-hybridized carbons (Fsp3) is 1.00. The van der Waals surface area contributed by atoms with Crippen LogP contribution in [-0.2, 0) is 4.74 Å². The van der Waals surface area contributed by atoms with Crippen LogP contribution in [0.25, 0.3) is 0 Å². The Balaban J connectivity index is 0. The molecule has 0 aromatic heterocycles. The van der Waals surface area contributed by atoms with Crippen LogP contribution in [0.2, 0.25) is 0 Å². The van der Waals surface area contributed by atoms with Gasteiger partial charge in [-0.2, -0.15) is 0 Å². The van der Waals surface area contributed by atoms with Crippen molar-refractivity contribution in [3.63, 3.8) is 0 Å². The van der Waals surface area contributed by atoms with Gasteiger partial charge in [-0.25, -0.2) is 13.2 Å². The lowest BCUT2D eigenvalue weighted by molar-refractivity contribution is -0.233.